The lowest BCUT2D eigenvalue weighted by Crippen LogP contribution is -2.13. The van der Waals surface area contributed by atoms with Gasteiger partial charge in [0.05, 0.1) is 0 Å². The average Bonchev–Trinajstić information content (AvgIpc) is 2.43. The Bertz CT molecular complexity index is 625. The van der Waals surface area contributed by atoms with E-state index in [1.807, 2.05) is 6.07 Å². The molecule has 3 N–H and O–H groups in total. The van der Waals surface area contributed by atoms with E-state index < -0.39 is 0 Å². The van der Waals surface area contributed by atoms with Gasteiger partial charge < -0.3 is 15.7 Å². The molecule has 0 spiro atoms. The van der Waals surface area contributed by atoms with E-state index in [4.69, 9.17) is 38.9 Å². The fourth-order valence-electron chi connectivity index (χ4n) is 1.66. The van der Waals surface area contributed by atoms with Crippen molar-refractivity contribution in [3.63, 3.8) is 0 Å². The van der Waals surface area contributed by atoms with Gasteiger partial charge in [0, 0.05) is 15.6 Å². The largest absolute Gasteiger partial charge is 0.489 e. The molecule has 0 unspecified atom stereocenters. The van der Waals surface area contributed by atoms with Gasteiger partial charge in [-0.05, 0) is 29.8 Å². The molecule has 0 heterocycles. The number of ether oxygens (including phenoxy) is 1. The zero-order valence-corrected chi connectivity index (χ0v) is 11.9. The Balaban J connectivity index is 2.11. The number of hydrogen-bond donors (Lipinski definition) is 2. The predicted octanol–water partition coefficient (Wildman–Crippen LogP) is 3.67. The van der Waals surface area contributed by atoms with Crippen LogP contribution in [0.5, 0.6) is 5.75 Å². The molecule has 0 saturated heterocycles. The van der Waals surface area contributed by atoms with E-state index in [9.17, 15) is 0 Å². The Morgan fingerprint density at radius 1 is 1.15 bits per heavy atom. The molecule has 0 aromatic heterocycles. The Morgan fingerprint density at radius 2 is 1.85 bits per heavy atom. The van der Waals surface area contributed by atoms with Crippen molar-refractivity contribution in [3.05, 3.63) is 63.6 Å². The molecule has 0 atom stereocenters. The smallest absolute Gasteiger partial charge is 0.170 e. The van der Waals surface area contributed by atoms with Crippen LogP contribution in [0, 0.1) is 0 Å². The Kier molecular flexibility index (Phi) is 4.71. The van der Waals surface area contributed by atoms with Crippen molar-refractivity contribution in [2.24, 2.45) is 10.9 Å². The van der Waals surface area contributed by atoms with Gasteiger partial charge in [0.2, 0.25) is 0 Å². The molecule has 104 valence electrons. The minimum atomic E-state index is 0.0534. The van der Waals surface area contributed by atoms with Crippen molar-refractivity contribution >= 4 is 29.0 Å². The lowest BCUT2D eigenvalue weighted by Gasteiger charge is -2.08. The van der Waals surface area contributed by atoms with Crippen LogP contribution in [-0.2, 0) is 6.61 Å². The van der Waals surface area contributed by atoms with Gasteiger partial charge in [0.25, 0.3) is 0 Å². The Hall–Kier alpha value is -1.91. The van der Waals surface area contributed by atoms with Crippen LogP contribution in [0.15, 0.2) is 47.6 Å². The van der Waals surface area contributed by atoms with E-state index in [-0.39, 0.29) is 5.84 Å². The van der Waals surface area contributed by atoms with Crippen molar-refractivity contribution in [2.45, 2.75) is 6.61 Å². The second-order valence-corrected chi connectivity index (χ2v) is 4.95. The number of oxime groups is 1. The van der Waals surface area contributed by atoms with Crippen LogP contribution in [0.1, 0.15) is 11.1 Å². The zero-order valence-electron chi connectivity index (χ0n) is 10.4. The number of nitrogens with two attached hydrogens (primary N) is 1. The summed E-state index contributed by atoms with van der Waals surface area (Å²) in [5.74, 6) is 0.634. The van der Waals surface area contributed by atoms with Gasteiger partial charge in [0.1, 0.15) is 12.4 Å². The van der Waals surface area contributed by atoms with E-state index in [0.717, 1.165) is 5.56 Å². The summed E-state index contributed by atoms with van der Waals surface area (Å²) < 4.78 is 5.61. The molecule has 6 heteroatoms. The van der Waals surface area contributed by atoms with Crippen LogP contribution < -0.4 is 10.5 Å². The van der Waals surface area contributed by atoms with Gasteiger partial charge in [-0.1, -0.05) is 46.6 Å². The second-order valence-electron chi connectivity index (χ2n) is 4.08. The van der Waals surface area contributed by atoms with E-state index in [0.29, 0.717) is 28.0 Å². The molecule has 2 aromatic rings. The third kappa shape index (κ3) is 3.79. The normalized spacial score (nSPS) is 11.4. The molecule has 0 aliphatic heterocycles. The van der Waals surface area contributed by atoms with Gasteiger partial charge in [-0.2, -0.15) is 0 Å². The van der Waals surface area contributed by atoms with Crippen molar-refractivity contribution in [1.82, 2.24) is 0 Å². The number of benzene rings is 2. The number of rotatable bonds is 4. The molecule has 0 aliphatic carbocycles. The monoisotopic (exact) mass is 310 g/mol. The highest BCUT2D eigenvalue weighted by Gasteiger charge is 2.03. The minimum Gasteiger partial charge on any atom is -0.489 e. The van der Waals surface area contributed by atoms with Crippen LogP contribution in [-0.4, -0.2) is 11.0 Å². The van der Waals surface area contributed by atoms with E-state index in [1.165, 1.54) is 0 Å². The fourth-order valence-corrected chi connectivity index (χ4v) is 2.16. The van der Waals surface area contributed by atoms with E-state index in [1.54, 1.807) is 36.4 Å². The first-order chi connectivity index (χ1) is 9.58. The van der Waals surface area contributed by atoms with Gasteiger partial charge in [-0.15, -0.1) is 0 Å². The minimum absolute atomic E-state index is 0.0534. The number of hydrogen-bond acceptors (Lipinski definition) is 3. The number of amidine groups is 1. The highest BCUT2D eigenvalue weighted by Crippen LogP contribution is 2.24. The molecule has 2 aromatic carbocycles. The van der Waals surface area contributed by atoms with Crippen LogP contribution in [0.3, 0.4) is 0 Å². The van der Waals surface area contributed by atoms with Crippen LogP contribution >= 0.6 is 23.2 Å². The molecule has 0 amide bonds. The summed E-state index contributed by atoms with van der Waals surface area (Å²) in [7, 11) is 0. The summed E-state index contributed by atoms with van der Waals surface area (Å²) >= 11 is 11.8. The summed E-state index contributed by atoms with van der Waals surface area (Å²) in [5.41, 5.74) is 7.04. The van der Waals surface area contributed by atoms with Gasteiger partial charge in [0.15, 0.2) is 5.84 Å². The highest BCUT2D eigenvalue weighted by atomic mass is 35.5. The molecule has 0 aliphatic rings. The summed E-state index contributed by atoms with van der Waals surface area (Å²) in [5, 5.41) is 12.6. The molecular weight excluding hydrogens is 299 g/mol. The topological polar surface area (TPSA) is 67.8 Å². The maximum atomic E-state index is 8.65. The fraction of sp³-hybridized carbons (Fsp3) is 0.0714. The van der Waals surface area contributed by atoms with E-state index in [2.05, 4.69) is 5.16 Å². The second kappa shape index (κ2) is 6.50. The lowest BCUT2D eigenvalue weighted by molar-refractivity contribution is 0.306. The maximum Gasteiger partial charge on any atom is 0.170 e. The van der Waals surface area contributed by atoms with Gasteiger partial charge in [-0.3, -0.25) is 0 Å². The SMILES string of the molecule is N/C(=N\O)c1cccc(COc2cc(Cl)cc(Cl)c2)c1. The predicted molar refractivity (Wildman–Crippen MR) is 79.7 cm³/mol. The summed E-state index contributed by atoms with van der Waals surface area (Å²) in [6, 6.07) is 12.2. The first kappa shape index (κ1) is 14.5. The average molecular weight is 311 g/mol. The Morgan fingerprint density at radius 3 is 2.50 bits per heavy atom. The highest BCUT2D eigenvalue weighted by molar-refractivity contribution is 6.34. The molecule has 0 bridgehead atoms. The zero-order chi connectivity index (χ0) is 14.5. The first-order valence-electron chi connectivity index (χ1n) is 5.74. The van der Waals surface area contributed by atoms with Crippen LogP contribution in [0.2, 0.25) is 10.0 Å². The van der Waals surface area contributed by atoms with E-state index >= 15 is 0 Å². The molecule has 0 radical (unpaired) electrons. The summed E-state index contributed by atoms with van der Waals surface area (Å²) in [4.78, 5) is 0. The van der Waals surface area contributed by atoms with Crippen LogP contribution in [0.25, 0.3) is 0 Å². The van der Waals surface area contributed by atoms with Crippen LogP contribution in [0.4, 0.5) is 0 Å². The number of nitrogens with zero attached hydrogens (tertiary/aromatic N) is 1. The van der Waals surface area contributed by atoms with Crippen molar-refractivity contribution in [1.29, 1.82) is 0 Å². The molecule has 20 heavy (non-hydrogen) atoms. The molecule has 4 nitrogen and oxygen atoms in total. The van der Waals surface area contributed by atoms with Gasteiger partial charge in [-0.25, -0.2) is 0 Å². The standard InChI is InChI=1S/C14H12Cl2N2O2/c15-11-5-12(16)7-13(6-11)20-8-9-2-1-3-10(4-9)14(17)18-19/h1-7,19H,8H2,(H2,17,18). The van der Waals surface area contributed by atoms with Crippen molar-refractivity contribution < 1.29 is 9.94 Å². The lowest BCUT2D eigenvalue weighted by atomic mass is 10.1. The first-order valence-corrected chi connectivity index (χ1v) is 6.50. The number of halogens is 2. The molecular formula is C14H12Cl2N2O2. The van der Waals surface area contributed by atoms with Crippen molar-refractivity contribution in [3.8, 4) is 5.75 Å². The maximum absolute atomic E-state index is 8.65. The summed E-state index contributed by atoms with van der Waals surface area (Å²) in [6.45, 7) is 0.323. The molecule has 0 saturated carbocycles. The third-order valence-electron chi connectivity index (χ3n) is 2.57. The third-order valence-corrected chi connectivity index (χ3v) is 3.01. The quantitative estimate of drug-likeness (QED) is 0.392. The molecule has 0 fully saturated rings. The summed E-state index contributed by atoms with van der Waals surface area (Å²) in [6.07, 6.45) is 0. The molecule has 2 rings (SSSR count). The van der Waals surface area contributed by atoms with Gasteiger partial charge >= 0.3 is 0 Å². The Labute approximate surface area is 126 Å². The van der Waals surface area contributed by atoms with Crippen molar-refractivity contribution in [2.75, 3.05) is 0 Å².